The minimum atomic E-state index is 0.968. The van der Waals surface area contributed by atoms with Gasteiger partial charge in [0.25, 0.3) is 0 Å². The summed E-state index contributed by atoms with van der Waals surface area (Å²) in [5.74, 6) is 0. The van der Waals surface area contributed by atoms with Gasteiger partial charge in [0.2, 0.25) is 0 Å². The molecule has 3 heteroatoms. The molecule has 0 aliphatic heterocycles. The van der Waals surface area contributed by atoms with Crippen LogP contribution in [0.25, 0.3) is 11.3 Å². The Morgan fingerprint density at radius 2 is 2.07 bits per heavy atom. The lowest BCUT2D eigenvalue weighted by molar-refractivity contribution is 1.23. The zero-order chi connectivity index (χ0) is 9.80. The molecule has 2 nitrogen and oxygen atoms in total. The third kappa shape index (κ3) is 1.93. The van der Waals surface area contributed by atoms with Gasteiger partial charge in [0.15, 0.2) is 0 Å². The van der Waals surface area contributed by atoms with Crippen molar-refractivity contribution >= 4 is 11.8 Å². The van der Waals surface area contributed by atoms with Gasteiger partial charge in [-0.2, -0.15) is 0 Å². The van der Waals surface area contributed by atoms with Crippen molar-refractivity contribution in [2.75, 3.05) is 6.26 Å². The van der Waals surface area contributed by atoms with E-state index in [1.54, 1.807) is 18.0 Å². The van der Waals surface area contributed by atoms with Crippen molar-refractivity contribution in [3.8, 4) is 11.3 Å². The summed E-state index contributed by atoms with van der Waals surface area (Å²) in [4.78, 5) is 9.60. The van der Waals surface area contributed by atoms with Crippen LogP contribution in [0.15, 0.2) is 47.8 Å². The Kier molecular flexibility index (Phi) is 2.79. The van der Waals surface area contributed by atoms with Gasteiger partial charge >= 0.3 is 0 Å². The van der Waals surface area contributed by atoms with Gasteiger partial charge in [0, 0.05) is 29.0 Å². The maximum atomic E-state index is 4.36. The van der Waals surface area contributed by atoms with Crippen molar-refractivity contribution in [2.24, 2.45) is 0 Å². The molecule has 0 saturated heterocycles. The zero-order valence-electron chi connectivity index (χ0n) is 7.84. The molecule has 0 bridgehead atoms. The van der Waals surface area contributed by atoms with E-state index in [9.17, 15) is 0 Å². The molecule has 0 aromatic carbocycles. The van der Waals surface area contributed by atoms with E-state index in [0.717, 1.165) is 11.3 Å². The van der Waals surface area contributed by atoms with Crippen LogP contribution in [0, 0.1) is 0 Å². The molecule has 0 spiro atoms. The predicted molar refractivity (Wildman–Crippen MR) is 59.2 cm³/mol. The Balaban J connectivity index is 2.34. The zero-order valence-corrected chi connectivity index (χ0v) is 8.66. The minimum Gasteiger partial charge on any atom is -0.264 e. The summed E-state index contributed by atoms with van der Waals surface area (Å²) in [6, 6.07) is 8.01. The maximum absolute atomic E-state index is 4.36. The van der Waals surface area contributed by atoms with E-state index < -0.39 is 0 Å². The normalized spacial score (nSPS) is 10.1. The molecule has 0 radical (unpaired) electrons. The summed E-state index contributed by atoms with van der Waals surface area (Å²) in [7, 11) is 0. The SMILES string of the molecule is CSc1ccc(-c2cccnc2)nc1. The largest absolute Gasteiger partial charge is 0.264 e. The number of pyridine rings is 2. The van der Waals surface area contributed by atoms with Crippen LogP contribution in [-0.2, 0) is 0 Å². The molecule has 0 amide bonds. The highest BCUT2D eigenvalue weighted by Crippen LogP contribution is 2.18. The molecular formula is C11H10N2S. The topological polar surface area (TPSA) is 25.8 Å². The van der Waals surface area contributed by atoms with E-state index in [-0.39, 0.29) is 0 Å². The van der Waals surface area contributed by atoms with Gasteiger partial charge in [-0.15, -0.1) is 11.8 Å². The first kappa shape index (κ1) is 9.21. The first-order valence-electron chi connectivity index (χ1n) is 4.30. The Hall–Kier alpha value is -1.35. The lowest BCUT2D eigenvalue weighted by Gasteiger charge is -2.00. The Morgan fingerprint density at radius 3 is 2.64 bits per heavy atom. The molecule has 0 aliphatic rings. The second-order valence-electron chi connectivity index (χ2n) is 2.82. The van der Waals surface area contributed by atoms with Gasteiger partial charge < -0.3 is 0 Å². The standard InChI is InChI=1S/C11H10N2S/c1-14-10-4-5-11(13-8-10)9-3-2-6-12-7-9/h2-8H,1H3. The molecule has 0 N–H and O–H groups in total. The van der Waals surface area contributed by atoms with Gasteiger partial charge in [-0.3, -0.25) is 9.97 Å². The van der Waals surface area contributed by atoms with Crippen LogP contribution in [0.5, 0.6) is 0 Å². The molecule has 0 fully saturated rings. The average Bonchev–Trinajstić information content (AvgIpc) is 2.30. The predicted octanol–water partition coefficient (Wildman–Crippen LogP) is 2.87. The average molecular weight is 202 g/mol. The molecule has 2 aromatic rings. The number of hydrogen-bond donors (Lipinski definition) is 0. The molecule has 2 heterocycles. The molecule has 0 aliphatic carbocycles. The van der Waals surface area contributed by atoms with Crippen molar-refractivity contribution in [1.82, 2.24) is 9.97 Å². The fourth-order valence-electron chi connectivity index (χ4n) is 1.19. The quantitative estimate of drug-likeness (QED) is 0.700. The van der Waals surface area contributed by atoms with E-state index >= 15 is 0 Å². The second-order valence-corrected chi connectivity index (χ2v) is 3.70. The minimum absolute atomic E-state index is 0.968. The van der Waals surface area contributed by atoms with Crippen molar-refractivity contribution in [2.45, 2.75) is 4.90 Å². The smallest absolute Gasteiger partial charge is 0.0718 e. The van der Waals surface area contributed by atoms with E-state index in [4.69, 9.17) is 0 Å². The summed E-state index contributed by atoms with van der Waals surface area (Å²) < 4.78 is 0. The van der Waals surface area contributed by atoms with Crippen LogP contribution in [0.3, 0.4) is 0 Å². The van der Waals surface area contributed by atoms with Crippen LogP contribution >= 0.6 is 11.8 Å². The van der Waals surface area contributed by atoms with Crippen LogP contribution in [0.1, 0.15) is 0 Å². The first-order valence-corrected chi connectivity index (χ1v) is 5.53. The summed E-state index contributed by atoms with van der Waals surface area (Å²) in [5.41, 5.74) is 2.02. The van der Waals surface area contributed by atoms with E-state index in [2.05, 4.69) is 16.0 Å². The van der Waals surface area contributed by atoms with Crippen molar-refractivity contribution < 1.29 is 0 Å². The molecule has 14 heavy (non-hydrogen) atoms. The highest BCUT2D eigenvalue weighted by atomic mass is 32.2. The number of rotatable bonds is 2. The molecule has 0 unspecified atom stereocenters. The van der Waals surface area contributed by atoms with Crippen LogP contribution in [-0.4, -0.2) is 16.2 Å². The van der Waals surface area contributed by atoms with Crippen molar-refractivity contribution in [3.05, 3.63) is 42.9 Å². The Labute approximate surface area is 87.4 Å². The van der Waals surface area contributed by atoms with Gasteiger partial charge in [0.1, 0.15) is 0 Å². The van der Waals surface area contributed by atoms with Crippen molar-refractivity contribution in [3.63, 3.8) is 0 Å². The third-order valence-electron chi connectivity index (χ3n) is 1.93. The van der Waals surface area contributed by atoms with E-state index in [1.165, 1.54) is 4.90 Å². The number of hydrogen-bond acceptors (Lipinski definition) is 3. The molecule has 2 aromatic heterocycles. The third-order valence-corrected chi connectivity index (χ3v) is 2.64. The summed E-state index contributed by atoms with van der Waals surface area (Å²) in [6.07, 6.45) is 7.51. The molecular weight excluding hydrogens is 192 g/mol. The number of thioether (sulfide) groups is 1. The summed E-state index contributed by atoms with van der Waals surface area (Å²) in [5, 5.41) is 0. The fourth-order valence-corrected chi connectivity index (χ4v) is 1.55. The van der Waals surface area contributed by atoms with E-state index in [0.29, 0.717) is 0 Å². The van der Waals surface area contributed by atoms with Gasteiger partial charge in [0.05, 0.1) is 5.69 Å². The van der Waals surface area contributed by atoms with Gasteiger partial charge in [-0.25, -0.2) is 0 Å². The molecule has 0 saturated carbocycles. The summed E-state index contributed by atoms with van der Waals surface area (Å²) >= 11 is 1.69. The van der Waals surface area contributed by atoms with E-state index in [1.807, 2.05) is 36.8 Å². The molecule has 2 rings (SSSR count). The number of aromatic nitrogens is 2. The van der Waals surface area contributed by atoms with Crippen LogP contribution < -0.4 is 0 Å². The second kappa shape index (κ2) is 4.24. The van der Waals surface area contributed by atoms with Crippen LogP contribution in [0.2, 0.25) is 0 Å². The lowest BCUT2D eigenvalue weighted by Crippen LogP contribution is -1.83. The fraction of sp³-hybridized carbons (Fsp3) is 0.0909. The summed E-state index contributed by atoms with van der Waals surface area (Å²) in [6.45, 7) is 0. The number of nitrogens with zero attached hydrogens (tertiary/aromatic N) is 2. The highest BCUT2D eigenvalue weighted by Gasteiger charge is 1.97. The van der Waals surface area contributed by atoms with Crippen LogP contribution in [0.4, 0.5) is 0 Å². The monoisotopic (exact) mass is 202 g/mol. The van der Waals surface area contributed by atoms with Gasteiger partial charge in [-0.1, -0.05) is 0 Å². The molecule has 0 atom stereocenters. The lowest BCUT2D eigenvalue weighted by atomic mass is 10.2. The Bertz CT molecular complexity index is 397. The highest BCUT2D eigenvalue weighted by molar-refractivity contribution is 7.98. The molecule has 70 valence electrons. The maximum Gasteiger partial charge on any atom is 0.0718 e. The van der Waals surface area contributed by atoms with Crippen molar-refractivity contribution in [1.29, 1.82) is 0 Å². The Morgan fingerprint density at radius 1 is 1.14 bits per heavy atom. The first-order chi connectivity index (χ1) is 6.90. The van der Waals surface area contributed by atoms with Gasteiger partial charge in [-0.05, 0) is 30.5 Å².